The molecular formula is C21H17N3O6. The van der Waals surface area contributed by atoms with E-state index in [4.69, 9.17) is 9.47 Å². The van der Waals surface area contributed by atoms with Gasteiger partial charge < -0.3 is 19.8 Å². The molecule has 4 rings (SSSR count). The summed E-state index contributed by atoms with van der Waals surface area (Å²) in [7, 11) is 0. The number of nitrogens with zero attached hydrogens (tertiary/aromatic N) is 1. The average molecular weight is 407 g/mol. The first-order valence-corrected chi connectivity index (χ1v) is 9.23. The molecule has 0 bridgehead atoms. The Morgan fingerprint density at radius 3 is 2.83 bits per heavy atom. The fourth-order valence-corrected chi connectivity index (χ4v) is 3.03. The summed E-state index contributed by atoms with van der Waals surface area (Å²) in [5.74, 6) is -0.469. The Kier molecular flexibility index (Phi) is 5.25. The Bertz CT molecular complexity index is 1220. The molecular weight excluding hydrogens is 390 g/mol. The number of aryl methyl sites for hydroxylation is 1. The maximum absolute atomic E-state index is 12.3. The van der Waals surface area contributed by atoms with Crippen LogP contribution in [-0.2, 0) is 20.7 Å². The van der Waals surface area contributed by atoms with Crippen molar-refractivity contribution in [2.75, 3.05) is 18.5 Å². The van der Waals surface area contributed by atoms with Crippen LogP contribution in [0.1, 0.15) is 22.6 Å². The van der Waals surface area contributed by atoms with Crippen molar-refractivity contribution in [1.82, 2.24) is 9.97 Å². The minimum Gasteiger partial charge on any atom is -0.482 e. The Hall–Kier alpha value is -4.01. The topological polar surface area (TPSA) is 127 Å². The zero-order valence-electron chi connectivity index (χ0n) is 15.8. The number of ether oxygens (including phenoxy) is 2. The maximum Gasteiger partial charge on any atom is 0.306 e. The van der Waals surface area contributed by atoms with Crippen LogP contribution in [0.4, 0.5) is 5.69 Å². The molecule has 9 nitrogen and oxygen atoms in total. The summed E-state index contributed by atoms with van der Waals surface area (Å²) in [6, 6.07) is 11.5. The molecule has 0 unspecified atom stereocenters. The molecule has 0 radical (unpaired) electrons. The van der Waals surface area contributed by atoms with Crippen LogP contribution in [0.2, 0.25) is 0 Å². The van der Waals surface area contributed by atoms with E-state index in [2.05, 4.69) is 15.3 Å². The predicted octanol–water partition coefficient (Wildman–Crippen LogP) is 1.61. The van der Waals surface area contributed by atoms with Gasteiger partial charge in [0.1, 0.15) is 11.6 Å². The van der Waals surface area contributed by atoms with E-state index in [0.717, 1.165) is 0 Å². The van der Waals surface area contributed by atoms with Crippen molar-refractivity contribution in [1.29, 1.82) is 0 Å². The number of esters is 1. The van der Waals surface area contributed by atoms with Crippen LogP contribution in [0.5, 0.6) is 5.75 Å². The molecule has 0 atom stereocenters. The second-order valence-corrected chi connectivity index (χ2v) is 6.66. The number of nitrogens with one attached hydrogen (secondary N) is 2. The van der Waals surface area contributed by atoms with Crippen molar-refractivity contribution in [2.24, 2.45) is 0 Å². The van der Waals surface area contributed by atoms with Crippen LogP contribution in [0.3, 0.4) is 0 Å². The smallest absolute Gasteiger partial charge is 0.306 e. The van der Waals surface area contributed by atoms with Gasteiger partial charge >= 0.3 is 5.97 Å². The third-order valence-corrected chi connectivity index (χ3v) is 4.53. The minimum atomic E-state index is -0.589. The van der Waals surface area contributed by atoms with E-state index in [9.17, 15) is 19.2 Å². The number of hydrogen-bond donors (Lipinski definition) is 2. The van der Waals surface area contributed by atoms with Crippen molar-refractivity contribution in [3.63, 3.8) is 0 Å². The van der Waals surface area contributed by atoms with Crippen LogP contribution in [0.15, 0.2) is 47.3 Å². The van der Waals surface area contributed by atoms with E-state index in [1.807, 2.05) is 0 Å². The molecule has 2 heterocycles. The second kappa shape index (κ2) is 8.16. The molecule has 0 saturated carbocycles. The van der Waals surface area contributed by atoms with Crippen LogP contribution >= 0.6 is 0 Å². The molecule has 0 aliphatic carbocycles. The summed E-state index contributed by atoms with van der Waals surface area (Å²) in [4.78, 5) is 54.7. The van der Waals surface area contributed by atoms with Gasteiger partial charge in [0.05, 0.1) is 23.0 Å². The number of aromatic amines is 1. The van der Waals surface area contributed by atoms with Crippen molar-refractivity contribution >= 4 is 34.3 Å². The monoisotopic (exact) mass is 407 g/mol. The molecule has 0 spiro atoms. The van der Waals surface area contributed by atoms with Crippen molar-refractivity contribution in [3.8, 4) is 5.75 Å². The van der Waals surface area contributed by atoms with Gasteiger partial charge in [0, 0.05) is 12.0 Å². The lowest BCUT2D eigenvalue weighted by Gasteiger charge is -2.18. The Morgan fingerprint density at radius 1 is 1.13 bits per heavy atom. The van der Waals surface area contributed by atoms with Crippen LogP contribution < -0.4 is 15.6 Å². The molecule has 152 valence electrons. The normalized spacial score (nSPS) is 12.6. The zero-order chi connectivity index (χ0) is 21.1. The molecule has 2 N–H and O–H groups in total. The van der Waals surface area contributed by atoms with Gasteiger partial charge in [-0.2, -0.15) is 0 Å². The summed E-state index contributed by atoms with van der Waals surface area (Å²) < 4.78 is 10.3. The highest BCUT2D eigenvalue weighted by molar-refractivity contribution is 6.01. The molecule has 1 aromatic heterocycles. The van der Waals surface area contributed by atoms with Gasteiger partial charge in [0.15, 0.2) is 19.0 Å². The third kappa shape index (κ3) is 4.19. The molecule has 3 aromatic rings. The van der Waals surface area contributed by atoms with Gasteiger partial charge in [-0.1, -0.05) is 12.1 Å². The number of carbonyl (C=O) groups is 3. The van der Waals surface area contributed by atoms with E-state index in [1.54, 1.807) is 30.3 Å². The van der Waals surface area contributed by atoms with Gasteiger partial charge in [0.2, 0.25) is 0 Å². The van der Waals surface area contributed by atoms with Crippen LogP contribution in [0.25, 0.3) is 10.9 Å². The fraction of sp³-hybridized carbons (Fsp3) is 0.190. The number of hydrogen-bond acceptors (Lipinski definition) is 7. The minimum absolute atomic E-state index is 0.0390. The van der Waals surface area contributed by atoms with E-state index in [1.165, 1.54) is 12.1 Å². The number of aromatic nitrogens is 2. The first kappa shape index (κ1) is 19.3. The number of H-pyrrole nitrogens is 1. The zero-order valence-corrected chi connectivity index (χ0v) is 15.8. The van der Waals surface area contributed by atoms with Gasteiger partial charge in [0.25, 0.3) is 11.5 Å². The SMILES string of the molecule is O=C1COc2ccc(C(=O)COC(=O)CCc3nc4ccccc4c(=O)[nH]3)cc2N1. The highest BCUT2D eigenvalue weighted by Gasteiger charge is 2.18. The molecule has 9 heteroatoms. The molecule has 0 saturated heterocycles. The molecule has 1 amide bonds. The highest BCUT2D eigenvalue weighted by Crippen LogP contribution is 2.28. The Morgan fingerprint density at radius 2 is 1.97 bits per heavy atom. The van der Waals surface area contributed by atoms with Crippen molar-refractivity contribution < 1.29 is 23.9 Å². The van der Waals surface area contributed by atoms with E-state index < -0.39 is 18.4 Å². The Balaban J connectivity index is 1.33. The number of benzene rings is 2. The van der Waals surface area contributed by atoms with E-state index in [0.29, 0.717) is 28.2 Å². The number of ketones is 1. The lowest BCUT2D eigenvalue weighted by molar-refractivity contribution is -0.142. The summed E-state index contributed by atoms with van der Waals surface area (Å²) in [5.41, 5.74) is 0.952. The summed E-state index contributed by atoms with van der Waals surface area (Å²) in [6.45, 7) is -0.511. The fourth-order valence-electron chi connectivity index (χ4n) is 3.03. The second-order valence-electron chi connectivity index (χ2n) is 6.66. The van der Waals surface area contributed by atoms with Crippen molar-refractivity contribution in [3.05, 3.63) is 64.2 Å². The first-order valence-electron chi connectivity index (χ1n) is 9.23. The van der Waals surface area contributed by atoms with Crippen molar-refractivity contribution in [2.45, 2.75) is 12.8 Å². The lowest BCUT2D eigenvalue weighted by atomic mass is 10.1. The lowest BCUT2D eigenvalue weighted by Crippen LogP contribution is -2.25. The standard InChI is InChI=1S/C21H17N3O6/c25-16(12-5-6-17-15(9-12)23-19(26)11-29-17)10-30-20(27)8-7-18-22-14-4-2-1-3-13(14)21(28)24-18/h1-6,9H,7-8,10-11H2,(H,23,26)(H,22,24,28). The molecule has 1 aliphatic heterocycles. The molecule has 2 aromatic carbocycles. The van der Waals surface area contributed by atoms with Crippen LogP contribution in [0, 0.1) is 0 Å². The van der Waals surface area contributed by atoms with Crippen LogP contribution in [-0.4, -0.2) is 40.8 Å². The van der Waals surface area contributed by atoms with Gasteiger partial charge in [-0.3, -0.25) is 19.2 Å². The third-order valence-electron chi connectivity index (χ3n) is 4.53. The Labute approximate surface area is 170 Å². The number of para-hydroxylation sites is 1. The number of carbonyl (C=O) groups excluding carboxylic acids is 3. The number of Topliss-reactive ketones (excluding diaryl/α,β-unsaturated/α-hetero) is 1. The first-order chi connectivity index (χ1) is 14.5. The van der Waals surface area contributed by atoms with Gasteiger partial charge in [-0.15, -0.1) is 0 Å². The average Bonchev–Trinajstić information content (AvgIpc) is 2.75. The predicted molar refractivity (Wildman–Crippen MR) is 107 cm³/mol. The highest BCUT2D eigenvalue weighted by atomic mass is 16.5. The molecule has 30 heavy (non-hydrogen) atoms. The quantitative estimate of drug-likeness (QED) is 0.469. The van der Waals surface area contributed by atoms with E-state index >= 15 is 0 Å². The van der Waals surface area contributed by atoms with Gasteiger partial charge in [-0.25, -0.2) is 4.98 Å². The summed E-state index contributed by atoms with van der Waals surface area (Å²) >= 11 is 0. The molecule has 1 aliphatic rings. The molecule has 0 fully saturated rings. The number of amides is 1. The van der Waals surface area contributed by atoms with Gasteiger partial charge in [-0.05, 0) is 30.3 Å². The summed E-state index contributed by atoms with van der Waals surface area (Å²) in [5, 5.41) is 3.09. The number of fused-ring (bicyclic) bond motifs is 2. The number of rotatable bonds is 6. The number of anilines is 1. The largest absolute Gasteiger partial charge is 0.482 e. The maximum atomic E-state index is 12.3. The van der Waals surface area contributed by atoms with E-state index in [-0.39, 0.29) is 36.5 Å². The summed E-state index contributed by atoms with van der Waals surface area (Å²) in [6.07, 6.45) is 0.137.